The van der Waals surface area contributed by atoms with Crippen LogP contribution in [-0.2, 0) is 16.1 Å². The summed E-state index contributed by atoms with van der Waals surface area (Å²) in [6, 6.07) is 9.41. The van der Waals surface area contributed by atoms with Crippen molar-refractivity contribution in [3.63, 3.8) is 0 Å². The molecule has 3 rings (SSSR count). The molecule has 1 amide bonds. The summed E-state index contributed by atoms with van der Waals surface area (Å²) in [6.45, 7) is 1.27. The minimum Gasteiger partial charge on any atom is -0.494 e. The molecule has 0 aliphatic carbocycles. The van der Waals surface area contributed by atoms with Crippen LogP contribution in [0, 0.1) is 5.82 Å². The van der Waals surface area contributed by atoms with Crippen LogP contribution >= 0.6 is 0 Å². The molecule has 26 heavy (non-hydrogen) atoms. The van der Waals surface area contributed by atoms with E-state index < -0.39 is 5.82 Å². The van der Waals surface area contributed by atoms with E-state index in [-0.39, 0.29) is 29.4 Å². The van der Waals surface area contributed by atoms with Gasteiger partial charge in [-0.25, -0.2) is 4.39 Å². The molecule has 1 aliphatic heterocycles. The maximum Gasteiger partial charge on any atom is 0.251 e. The Morgan fingerprint density at radius 3 is 3.00 bits per heavy atom. The number of rotatable bonds is 6. The van der Waals surface area contributed by atoms with Gasteiger partial charge < -0.3 is 19.5 Å². The quantitative estimate of drug-likeness (QED) is 0.856. The monoisotopic (exact) mass is 360 g/mol. The average molecular weight is 360 g/mol. The zero-order valence-corrected chi connectivity index (χ0v) is 14.5. The molecule has 2 atom stereocenters. The van der Waals surface area contributed by atoms with Crippen LogP contribution in [0.4, 0.5) is 4.39 Å². The lowest BCUT2D eigenvalue weighted by Gasteiger charge is -2.32. The van der Waals surface area contributed by atoms with Crippen LogP contribution in [0.2, 0.25) is 0 Å². The highest BCUT2D eigenvalue weighted by atomic mass is 19.1. The van der Waals surface area contributed by atoms with E-state index in [9.17, 15) is 9.18 Å². The lowest BCUT2D eigenvalue weighted by Crippen LogP contribution is -2.50. The van der Waals surface area contributed by atoms with Gasteiger partial charge in [-0.2, -0.15) is 0 Å². The first-order chi connectivity index (χ1) is 12.7. The van der Waals surface area contributed by atoms with Crippen molar-refractivity contribution in [2.75, 3.05) is 20.3 Å². The molecular formula is C19H21FN2O4. The number of pyridine rings is 1. The van der Waals surface area contributed by atoms with Gasteiger partial charge in [0.2, 0.25) is 0 Å². The Kier molecular flexibility index (Phi) is 6.14. The van der Waals surface area contributed by atoms with Crippen molar-refractivity contribution in [1.29, 1.82) is 0 Å². The Balaban J connectivity index is 1.62. The fraction of sp³-hybridized carbons (Fsp3) is 0.368. The zero-order chi connectivity index (χ0) is 18.4. The summed E-state index contributed by atoms with van der Waals surface area (Å²) >= 11 is 0. The number of benzene rings is 1. The van der Waals surface area contributed by atoms with Crippen molar-refractivity contribution < 1.29 is 23.4 Å². The van der Waals surface area contributed by atoms with Crippen LogP contribution in [0.5, 0.6) is 5.75 Å². The number of halogens is 1. The van der Waals surface area contributed by atoms with Crippen molar-refractivity contribution in [2.24, 2.45) is 0 Å². The summed E-state index contributed by atoms with van der Waals surface area (Å²) in [4.78, 5) is 16.7. The lowest BCUT2D eigenvalue weighted by molar-refractivity contribution is -0.0612. The number of hydrogen-bond donors (Lipinski definition) is 1. The number of nitrogens with zero attached hydrogens (tertiary/aromatic N) is 1. The van der Waals surface area contributed by atoms with Gasteiger partial charge in [0.05, 0.1) is 38.2 Å². The Morgan fingerprint density at radius 1 is 1.38 bits per heavy atom. The molecule has 0 saturated carbocycles. The predicted molar refractivity (Wildman–Crippen MR) is 92.5 cm³/mol. The molecule has 0 bridgehead atoms. The number of amides is 1. The van der Waals surface area contributed by atoms with Gasteiger partial charge in [-0.05, 0) is 36.8 Å². The number of carbonyl (C=O) groups is 1. The summed E-state index contributed by atoms with van der Waals surface area (Å²) in [5, 5.41) is 2.87. The van der Waals surface area contributed by atoms with E-state index in [1.54, 1.807) is 6.20 Å². The van der Waals surface area contributed by atoms with Crippen molar-refractivity contribution in [3.05, 3.63) is 59.7 Å². The molecule has 1 aliphatic rings. The van der Waals surface area contributed by atoms with Gasteiger partial charge in [0.25, 0.3) is 5.91 Å². The minimum absolute atomic E-state index is 0.0964. The smallest absolute Gasteiger partial charge is 0.251 e. The van der Waals surface area contributed by atoms with Crippen LogP contribution in [0.15, 0.2) is 42.6 Å². The number of aromatic nitrogens is 1. The molecule has 1 saturated heterocycles. The average Bonchev–Trinajstić information content (AvgIpc) is 2.68. The highest BCUT2D eigenvalue weighted by Gasteiger charge is 2.28. The molecule has 1 fully saturated rings. The number of nitrogens with one attached hydrogen (secondary N) is 1. The lowest BCUT2D eigenvalue weighted by atomic mass is 10.1. The van der Waals surface area contributed by atoms with E-state index >= 15 is 0 Å². The third-order valence-corrected chi connectivity index (χ3v) is 4.19. The number of methoxy groups -OCH3 is 1. The fourth-order valence-corrected chi connectivity index (χ4v) is 2.79. The molecule has 6 nitrogen and oxygen atoms in total. The molecule has 1 aromatic carbocycles. The summed E-state index contributed by atoms with van der Waals surface area (Å²) in [6.07, 6.45) is 2.17. The van der Waals surface area contributed by atoms with Gasteiger partial charge in [-0.15, -0.1) is 0 Å². The Hall–Kier alpha value is -2.51. The largest absolute Gasteiger partial charge is 0.494 e. The standard InChI is InChI=1S/C19H21FN2O4/c1-24-17-6-5-13(10-15(17)20)19(23)22-16-12-25-9-7-18(16)26-11-14-4-2-3-8-21-14/h2-6,8,10,16,18H,7,9,11-12H2,1H3,(H,22,23)/t16-,18-/m1/s1. The second-order valence-corrected chi connectivity index (χ2v) is 5.96. The van der Waals surface area contributed by atoms with Gasteiger partial charge in [0.1, 0.15) is 0 Å². The Morgan fingerprint density at radius 2 is 2.27 bits per heavy atom. The first-order valence-electron chi connectivity index (χ1n) is 8.41. The van der Waals surface area contributed by atoms with Crippen LogP contribution in [0.3, 0.4) is 0 Å². The molecule has 2 heterocycles. The Labute approximate surface area is 151 Å². The van der Waals surface area contributed by atoms with Crippen LogP contribution < -0.4 is 10.1 Å². The highest BCUT2D eigenvalue weighted by Crippen LogP contribution is 2.19. The molecule has 2 aromatic rings. The Bertz CT molecular complexity index is 742. The van der Waals surface area contributed by atoms with Gasteiger partial charge in [0.15, 0.2) is 11.6 Å². The molecule has 0 unspecified atom stereocenters. The highest BCUT2D eigenvalue weighted by molar-refractivity contribution is 5.94. The fourth-order valence-electron chi connectivity index (χ4n) is 2.79. The van der Waals surface area contributed by atoms with E-state index in [4.69, 9.17) is 14.2 Å². The van der Waals surface area contributed by atoms with E-state index in [0.717, 1.165) is 11.8 Å². The maximum atomic E-state index is 13.8. The van der Waals surface area contributed by atoms with Crippen LogP contribution in [-0.4, -0.2) is 43.4 Å². The number of ether oxygens (including phenoxy) is 3. The third-order valence-electron chi connectivity index (χ3n) is 4.19. The maximum absolute atomic E-state index is 13.8. The summed E-state index contributed by atoms with van der Waals surface area (Å²) < 4.78 is 30.1. The number of hydrogen-bond acceptors (Lipinski definition) is 5. The van der Waals surface area contributed by atoms with E-state index in [1.165, 1.54) is 19.2 Å². The zero-order valence-electron chi connectivity index (χ0n) is 14.5. The van der Waals surface area contributed by atoms with Gasteiger partial charge in [-0.3, -0.25) is 9.78 Å². The predicted octanol–water partition coefficient (Wildman–Crippen LogP) is 2.33. The van der Waals surface area contributed by atoms with Crippen molar-refractivity contribution in [1.82, 2.24) is 10.3 Å². The molecule has 138 valence electrons. The second-order valence-electron chi connectivity index (χ2n) is 5.96. The molecule has 0 spiro atoms. The van der Waals surface area contributed by atoms with Gasteiger partial charge >= 0.3 is 0 Å². The summed E-state index contributed by atoms with van der Waals surface area (Å²) in [5.41, 5.74) is 1.04. The molecule has 1 aromatic heterocycles. The normalized spacial score (nSPS) is 19.8. The topological polar surface area (TPSA) is 69.7 Å². The van der Waals surface area contributed by atoms with Gasteiger partial charge in [-0.1, -0.05) is 6.07 Å². The van der Waals surface area contributed by atoms with Gasteiger partial charge in [0, 0.05) is 18.4 Å². The minimum atomic E-state index is -0.581. The SMILES string of the molecule is COc1ccc(C(=O)N[C@@H]2COCC[C@H]2OCc2ccccn2)cc1F. The van der Waals surface area contributed by atoms with Crippen molar-refractivity contribution >= 4 is 5.91 Å². The molecular weight excluding hydrogens is 339 g/mol. The van der Waals surface area contributed by atoms with E-state index in [2.05, 4.69) is 10.3 Å². The van der Waals surface area contributed by atoms with Crippen LogP contribution in [0.1, 0.15) is 22.5 Å². The molecule has 0 radical (unpaired) electrons. The second kappa shape index (κ2) is 8.73. The van der Waals surface area contributed by atoms with E-state index in [1.807, 2.05) is 18.2 Å². The molecule has 7 heteroatoms. The van der Waals surface area contributed by atoms with Crippen molar-refractivity contribution in [2.45, 2.75) is 25.2 Å². The molecule has 1 N–H and O–H groups in total. The number of carbonyl (C=O) groups excluding carboxylic acids is 1. The summed E-state index contributed by atoms with van der Waals surface area (Å²) in [5.74, 6) is -0.865. The van der Waals surface area contributed by atoms with E-state index in [0.29, 0.717) is 26.2 Å². The third kappa shape index (κ3) is 4.56. The first-order valence-corrected chi connectivity index (χ1v) is 8.41. The summed E-state index contributed by atoms with van der Waals surface area (Å²) in [7, 11) is 1.38. The first kappa shape index (κ1) is 18.3. The van der Waals surface area contributed by atoms with Crippen molar-refractivity contribution in [3.8, 4) is 5.75 Å². The van der Waals surface area contributed by atoms with Crippen LogP contribution in [0.25, 0.3) is 0 Å².